The van der Waals surface area contributed by atoms with E-state index in [1.165, 1.54) is 10.9 Å². The third-order valence-corrected chi connectivity index (χ3v) is 4.48. The number of likely N-dealkylation sites (N-methyl/N-ethyl adjacent to an activating group) is 1. The van der Waals surface area contributed by atoms with E-state index in [0.29, 0.717) is 5.56 Å². The van der Waals surface area contributed by atoms with Gasteiger partial charge in [0, 0.05) is 17.3 Å². The number of halogens is 1. The van der Waals surface area contributed by atoms with Crippen LogP contribution in [0.3, 0.4) is 0 Å². The average molecular weight is 278 g/mol. The minimum Gasteiger partial charge on any atom is -0.313 e. The van der Waals surface area contributed by atoms with Gasteiger partial charge in [0.15, 0.2) is 0 Å². The molecule has 0 aliphatic heterocycles. The first-order chi connectivity index (χ1) is 9.01. The zero-order valence-electron chi connectivity index (χ0n) is 11.7. The van der Waals surface area contributed by atoms with Gasteiger partial charge in [0.25, 0.3) is 0 Å². The van der Waals surface area contributed by atoms with Crippen LogP contribution in [0.2, 0.25) is 0 Å². The van der Waals surface area contributed by atoms with Gasteiger partial charge in [-0.05, 0) is 45.0 Å². The largest absolute Gasteiger partial charge is 0.313 e. The molecule has 1 heterocycles. The molecule has 1 unspecified atom stereocenters. The summed E-state index contributed by atoms with van der Waals surface area (Å²) in [5.74, 6) is -0.153. The predicted molar refractivity (Wildman–Crippen MR) is 78.2 cm³/mol. The highest BCUT2D eigenvalue weighted by Crippen LogP contribution is 2.24. The number of thiazole rings is 1. The molecule has 0 aliphatic rings. The first-order valence-electron chi connectivity index (χ1n) is 6.37. The number of hydrogen-bond donors (Lipinski definition) is 1. The zero-order chi connectivity index (χ0) is 14.0. The fourth-order valence-corrected chi connectivity index (χ4v) is 3.05. The van der Waals surface area contributed by atoms with E-state index in [9.17, 15) is 4.39 Å². The van der Waals surface area contributed by atoms with Crippen molar-refractivity contribution in [1.29, 1.82) is 0 Å². The van der Waals surface area contributed by atoms with Crippen molar-refractivity contribution in [3.05, 3.63) is 50.7 Å². The Morgan fingerprint density at radius 2 is 2.05 bits per heavy atom. The molecular formula is C15H19FN2S. The molecule has 2 nitrogen and oxygen atoms in total. The molecule has 102 valence electrons. The van der Waals surface area contributed by atoms with Gasteiger partial charge in [-0.1, -0.05) is 12.1 Å². The molecule has 1 aromatic heterocycles. The molecule has 1 aromatic carbocycles. The molecule has 4 heteroatoms. The van der Waals surface area contributed by atoms with Gasteiger partial charge in [0.05, 0.1) is 10.7 Å². The van der Waals surface area contributed by atoms with Gasteiger partial charge in [-0.2, -0.15) is 0 Å². The third-order valence-electron chi connectivity index (χ3n) is 3.38. The maximum atomic E-state index is 13.3. The molecule has 2 rings (SSSR count). The van der Waals surface area contributed by atoms with Crippen LogP contribution in [0.1, 0.15) is 32.7 Å². The monoisotopic (exact) mass is 278 g/mol. The number of nitrogens with zero attached hydrogens (tertiary/aromatic N) is 1. The summed E-state index contributed by atoms with van der Waals surface area (Å²) in [6.45, 7) is 5.92. The lowest BCUT2D eigenvalue weighted by Crippen LogP contribution is -2.19. The van der Waals surface area contributed by atoms with Gasteiger partial charge in [-0.3, -0.25) is 0 Å². The lowest BCUT2D eigenvalue weighted by molar-refractivity contribution is 0.581. The van der Waals surface area contributed by atoms with Crippen molar-refractivity contribution < 1.29 is 4.39 Å². The molecule has 1 N–H and O–H groups in total. The molecular weight excluding hydrogens is 259 g/mol. The average Bonchev–Trinajstić information content (AvgIpc) is 2.69. The summed E-state index contributed by atoms with van der Waals surface area (Å²) in [7, 11) is 1.93. The first kappa shape index (κ1) is 14.2. The van der Waals surface area contributed by atoms with Crippen molar-refractivity contribution >= 4 is 11.3 Å². The van der Waals surface area contributed by atoms with Crippen LogP contribution in [0.25, 0.3) is 0 Å². The lowest BCUT2D eigenvalue weighted by atomic mass is 10.0. The van der Waals surface area contributed by atoms with Crippen LogP contribution in [0.4, 0.5) is 4.39 Å². The summed E-state index contributed by atoms with van der Waals surface area (Å²) in [5, 5.41) is 4.41. The Labute approximate surface area is 117 Å². The fraction of sp³-hybridized carbons (Fsp3) is 0.400. The standard InChI is InChI=1S/C15H19FN2S/c1-9-7-12(5-6-13(9)16)14(17-4)8-15-18-10(2)11(3)19-15/h5-7,14,17H,8H2,1-4H3. The second kappa shape index (κ2) is 5.80. The Balaban J connectivity index is 2.22. The number of rotatable bonds is 4. The molecule has 0 amide bonds. The maximum absolute atomic E-state index is 13.3. The smallest absolute Gasteiger partial charge is 0.126 e. The molecule has 0 aliphatic carbocycles. The Hall–Kier alpha value is -1.26. The van der Waals surface area contributed by atoms with E-state index in [1.54, 1.807) is 18.3 Å². The summed E-state index contributed by atoms with van der Waals surface area (Å²) in [5.41, 5.74) is 2.89. The second-order valence-electron chi connectivity index (χ2n) is 4.80. The highest BCUT2D eigenvalue weighted by atomic mass is 32.1. The number of benzene rings is 1. The van der Waals surface area contributed by atoms with Gasteiger partial charge in [0.2, 0.25) is 0 Å². The normalized spacial score (nSPS) is 12.7. The van der Waals surface area contributed by atoms with Crippen LogP contribution in [-0.4, -0.2) is 12.0 Å². The molecule has 1 atom stereocenters. The fourth-order valence-electron chi connectivity index (χ4n) is 2.07. The molecule has 0 bridgehead atoms. The van der Waals surface area contributed by atoms with Crippen molar-refractivity contribution in [3.63, 3.8) is 0 Å². The minimum atomic E-state index is -0.153. The van der Waals surface area contributed by atoms with E-state index in [-0.39, 0.29) is 11.9 Å². The number of hydrogen-bond acceptors (Lipinski definition) is 3. The lowest BCUT2D eigenvalue weighted by Gasteiger charge is -2.16. The van der Waals surface area contributed by atoms with Crippen LogP contribution in [-0.2, 0) is 6.42 Å². The Kier molecular flexibility index (Phi) is 4.32. The Bertz CT molecular complexity index is 558. The molecule has 19 heavy (non-hydrogen) atoms. The first-order valence-corrected chi connectivity index (χ1v) is 7.19. The van der Waals surface area contributed by atoms with Crippen molar-refractivity contribution in [2.75, 3.05) is 7.05 Å². The van der Waals surface area contributed by atoms with Gasteiger partial charge >= 0.3 is 0 Å². The number of aryl methyl sites for hydroxylation is 3. The zero-order valence-corrected chi connectivity index (χ0v) is 12.6. The quantitative estimate of drug-likeness (QED) is 0.922. The topological polar surface area (TPSA) is 24.9 Å². The van der Waals surface area contributed by atoms with Gasteiger partial charge in [-0.15, -0.1) is 11.3 Å². The molecule has 0 fully saturated rings. The predicted octanol–water partition coefficient (Wildman–Crippen LogP) is 3.71. The molecule has 0 spiro atoms. The van der Waals surface area contributed by atoms with Gasteiger partial charge < -0.3 is 5.32 Å². The highest BCUT2D eigenvalue weighted by Gasteiger charge is 2.14. The van der Waals surface area contributed by atoms with E-state index in [2.05, 4.69) is 17.2 Å². The van der Waals surface area contributed by atoms with Crippen molar-refractivity contribution in [1.82, 2.24) is 10.3 Å². The number of aromatic nitrogens is 1. The SMILES string of the molecule is CNC(Cc1nc(C)c(C)s1)c1ccc(F)c(C)c1. The van der Waals surface area contributed by atoms with E-state index in [1.807, 2.05) is 26.1 Å². The van der Waals surface area contributed by atoms with Crippen LogP contribution in [0, 0.1) is 26.6 Å². The summed E-state index contributed by atoms with van der Waals surface area (Å²) in [4.78, 5) is 5.83. The maximum Gasteiger partial charge on any atom is 0.126 e. The summed E-state index contributed by atoms with van der Waals surface area (Å²) < 4.78 is 13.3. The van der Waals surface area contributed by atoms with Crippen molar-refractivity contribution in [2.24, 2.45) is 0 Å². The molecule has 2 aromatic rings. The number of nitrogens with one attached hydrogen (secondary N) is 1. The van der Waals surface area contributed by atoms with E-state index in [0.717, 1.165) is 22.7 Å². The van der Waals surface area contributed by atoms with Crippen molar-refractivity contribution in [3.8, 4) is 0 Å². The molecule has 0 radical (unpaired) electrons. The van der Waals surface area contributed by atoms with Crippen LogP contribution < -0.4 is 5.32 Å². The molecule has 0 saturated heterocycles. The van der Waals surface area contributed by atoms with Crippen molar-refractivity contribution in [2.45, 2.75) is 33.2 Å². The summed E-state index contributed by atoms with van der Waals surface area (Å²) >= 11 is 1.73. The Morgan fingerprint density at radius 1 is 1.32 bits per heavy atom. The summed E-state index contributed by atoms with van der Waals surface area (Å²) in [6.07, 6.45) is 0.834. The van der Waals surface area contributed by atoms with Crippen LogP contribution in [0.5, 0.6) is 0 Å². The Morgan fingerprint density at radius 3 is 2.58 bits per heavy atom. The third kappa shape index (κ3) is 3.19. The molecule has 0 saturated carbocycles. The van der Waals surface area contributed by atoms with E-state index < -0.39 is 0 Å². The van der Waals surface area contributed by atoms with E-state index >= 15 is 0 Å². The van der Waals surface area contributed by atoms with Crippen LogP contribution in [0.15, 0.2) is 18.2 Å². The van der Waals surface area contributed by atoms with E-state index in [4.69, 9.17) is 0 Å². The minimum absolute atomic E-state index is 0.153. The van der Waals surface area contributed by atoms with Crippen LogP contribution >= 0.6 is 11.3 Å². The summed E-state index contributed by atoms with van der Waals surface area (Å²) in [6, 6.07) is 5.46. The van der Waals surface area contributed by atoms with Gasteiger partial charge in [0.1, 0.15) is 5.82 Å². The second-order valence-corrected chi connectivity index (χ2v) is 6.09. The van der Waals surface area contributed by atoms with Gasteiger partial charge in [-0.25, -0.2) is 9.37 Å². The highest BCUT2D eigenvalue weighted by molar-refractivity contribution is 7.11.